The highest BCUT2D eigenvalue weighted by atomic mass is 16.3. The zero-order valence-corrected chi connectivity index (χ0v) is 22.0. The van der Waals surface area contributed by atoms with Crippen molar-refractivity contribution in [1.29, 1.82) is 0 Å². The number of para-hydroxylation sites is 2. The lowest BCUT2D eigenvalue weighted by Crippen LogP contribution is -2.30. The molecule has 5 aromatic carbocycles. The van der Waals surface area contributed by atoms with Crippen molar-refractivity contribution < 1.29 is 8.98 Å². The van der Waals surface area contributed by atoms with Gasteiger partial charge in [0, 0.05) is 10.9 Å². The molecule has 0 amide bonds. The summed E-state index contributed by atoms with van der Waals surface area (Å²) >= 11 is 0. The number of benzene rings is 5. The summed E-state index contributed by atoms with van der Waals surface area (Å²) in [7, 11) is 2.14. The minimum Gasteiger partial charge on any atom is -0.436 e. The quantitative estimate of drug-likeness (QED) is 0.233. The average molecular weight is 495 g/mol. The summed E-state index contributed by atoms with van der Waals surface area (Å²) in [5, 5.41) is 2.42. The number of aryl methyl sites for hydroxylation is 4. The Morgan fingerprint density at radius 2 is 1.37 bits per heavy atom. The fraction of sp³-hybridized carbons (Fsp3) is 0.118. The van der Waals surface area contributed by atoms with Crippen LogP contribution in [0, 0.1) is 20.8 Å². The molecule has 0 saturated heterocycles. The zero-order chi connectivity index (χ0) is 26.0. The summed E-state index contributed by atoms with van der Waals surface area (Å²) in [5.41, 5.74) is 10.7. The van der Waals surface area contributed by atoms with Crippen molar-refractivity contribution in [2.75, 3.05) is 0 Å². The van der Waals surface area contributed by atoms with E-state index in [0.717, 1.165) is 61.5 Å². The molecule has 2 heterocycles. The van der Waals surface area contributed by atoms with Gasteiger partial charge in [0.25, 0.3) is 5.82 Å². The van der Waals surface area contributed by atoms with E-state index in [1.165, 1.54) is 10.8 Å². The maximum Gasteiger partial charge on any atom is 0.297 e. The van der Waals surface area contributed by atoms with Gasteiger partial charge in [-0.05, 0) is 67.1 Å². The lowest BCUT2D eigenvalue weighted by Gasteiger charge is -2.09. The zero-order valence-electron chi connectivity index (χ0n) is 22.0. The summed E-state index contributed by atoms with van der Waals surface area (Å²) in [4.78, 5) is 5.16. The monoisotopic (exact) mass is 494 g/mol. The number of imidazole rings is 1. The summed E-state index contributed by atoms with van der Waals surface area (Å²) in [6.45, 7) is 6.39. The minimum atomic E-state index is 0.665. The van der Waals surface area contributed by atoms with E-state index in [4.69, 9.17) is 9.40 Å². The van der Waals surface area contributed by atoms with Gasteiger partial charge < -0.3 is 4.42 Å². The summed E-state index contributed by atoms with van der Waals surface area (Å²) in [6.07, 6.45) is 0. The molecule has 0 atom stereocenters. The number of hydrogen-bond donors (Lipinski definition) is 0. The maximum atomic E-state index is 6.43. The van der Waals surface area contributed by atoms with E-state index in [-0.39, 0.29) is 0 Å². The van der Waals surface area contributed by atoms with E-state index >= 15 is 0 Å². The van der Waals surface area contributed by atoms with Crippen molar-refractivity contribution in [2.24, 2.45) is 7.05 Å². The third-order valence-electron chi connectivity index (χ3n) is 7.71. The molecule has 0 radical (unpaired) electrons. The molecule has 4 nitrogen and oxygen atoms in total. The van der Waals surface area contributed by atoms with Crippen LogP contribution in [0.4, 0.5) is 0 Å². The predicted octanol–water partition coefficient (Wildman–Crippen LogP) is 8.01. The Labute approximate surface area is 221 Å². The van der Waals surface area contributed by atoms with Gasteiger partial charge in [-0.2, -0.15) is 4.57 Å². The number of fused-ring (bicyclic) bond motifs is 3. The van der Waals surface area contributed by atoms with Gasteiger partial charge in [-0.1, -0.05) is 72.8 Å². The second kappa shape index (κ2) is 8.42. The van der Waals surface area contributed by atoms with Gasteiger partial charge >= 0.3 is 0 Å². The van der Waals surface area contributed by atoms with Gasteiger partial charge in [-0.25, -0.2) is 9.55 Å². The van der Waals surface area contributed by atoms with Crippen LogP contribution < -0.4 is 4.57 Å². The average Bonchev–Trinajstić information content (AvgIpc) is 3.47. The number of nitrogens with zero attached hydrogens (tertiary/aromatic N) is 3. The van der Waals surface area contributed by atoms with E-state index in [0.29, 0.717) is 5.89 Å². The van der Waals surface area contributed by atoms with Crippen molar-refractivity contribution in [3.05, 3.63) is 114 Å². The van der Waals surface area contributed by atoms with Crippen LogP contribution >= 0.6 is 0 Å². The van der Waals surface area contributed by atoms with E-state index in [1.54, 1.807) is 0 Å². The molecule has 0 unspecified atom stereocenters. The highest BCUT2D eigenvalue weighted by Gasteiger charge is 2.31. The molecule has 7 aromatic rings. The summed E-state index contributed by atoms with van der Waals surface area (Å²) < 4.78 is 11.1. The first-order chi connectivity index (χ1) is 18.5. The molecule has 38 heavy (non-hydrogen) atoms. The Bertz CT molecular complexity index is 2000. The topological polar surface area (TPSA) is 34.8 Å². The van der Waals surface area contributed by atoms with E-state index in [9.17, 15) is 0 Å². The van der Waals surface area contributed by atoms with Crippen molar-refractivity contribution in [1.82, 2.24) is 9.55 Å². The second-order valence-electron chi connectivity index (χ2n) is 10.1. The molecule has 0 N–H and O–H groups in total. The molecule has 0 fully saturated rings. The Balaban J connectivity index is 1.61. The van der Waals surface area contributed by atoms with Crippen LogP contribution in [0.25, 0.3) is 61.4 Å². The van der Waals surface area contributed by atoms with Gasteiger partial charge in [0.15, 0.2) is 16.6 Å². The van der Waals surface area contributed by atoms with Gasteiger partial charge in [0.05, 0.1) is 12.6 Å². The van der Waals surface area contributed by atoms with Crippen LogP contribution in [0.3, 0.4) is 0 Å². The van der Waals surface area contributed by atoms with Crippen molar-refractivity contribution in [3.63, 3.8) is 0 Å². The van der Waals surface area contributed by atoms with Crippen LogP contribution in [-0.4, -0.2) is 9.55 Å². The van der Waals surface area contributed by atoms with Gasteiger partial charge in [-0.3, -0.25) is 0 Å². The molecule has 184 valence electrons. The normalized spacial score (nSPS) is 11.7. The Morgan fingerprint density at radius 1 is 0.684 bits per heavy atom. The fourth-order valence-electron chi connectivity index (χ4n) is 5.88. The molecule has 7 rings (SSSR count). The largest absolute Gasteiger partial charge is 0.436 e. The molecule has 0 spiro atoms. The van der Waals surface area contributed by atoms with E-state index < -0.39 is 0 Å². The first-order valence-electron chi connectivity index (χ1n) is 13.0. The number of hydrogen-bond acceptors (Lipinski definition) is 2. The molecular formula is C34H28N3O+. The third-order valence-corrected chi connectivity index (χ3v) is 7.71. The number of oxazole rings is 1. The lowest BCUT2D eigenvalue weighted by atomic mass is 10.0. The Morgan fingerprint density at radius 3 is 2.21 bits per heavy atom. The molecule has 2 aromatic heterocycles. The first-order valence-corrected chi connectivity index (χ1v) is 13.0. The lowest BCUT2D eigenvalue weighted by molar-refractivity contribution is -0.633. The second-order valence-corrected chi connectivity index (χ2v) is 10.1. The number of rotatable bonds is 3. The molecule has 4 heteroatoms. The summed E-state index contributed by atoms with van der Waals surface area (Å²) in [6, 6.07) is 34.2. The predicted molar refractivity (Wildman–Crippen MR) is 155 cm³/mol. The van der Waals surface area contributed by atoms with Crippen LogP contribution in [0.5, 0.6) is 0 Å². The molecule has 0 aliphatic heterocycles. The van der Waals surface area contributed by atoms with Gasteiger partial charge in [0.1, 0.15) is 11.2 Å². The standard InChI is InChI=1S/C34H28N3O/c1-21-11-9-12-22(2)30(21)33-35-32-29(38-33)20-19-23(3)31(32)34-36(4)27-16-7-8-17-28(27)37(34)26-18-10-14-24-13-5-6-15-25(24)26/h5-20H,1-4H3/q+1. The Hall–Kier alpha value is -4.70. The van der Waals surface area contributed by atoms with Crippen molar-refractivity contribution >= 4 is 32.9 Å². The SMILES string of the molecule is Cc1cccc(C)c1-c1nc2c(-c3n(-c4cccc5ccccc45)c4ccccc4[n+]3C)c(C)ccc2o1. The van der Waals surface area contributed by atoms with E-state index in [2.05, 4.69) is 128 Å². The summed E-state index contributed by atoms with van der Waals surface area (Å²) in [5.74, 6) is 1.74. The highest BCUT2D eigenvalue weighted by molar-refractivity contribution is 5.97. The number of aromatic nitrogens is 3. The van der Waals surface area contributed by atoms with Crippen molar-refractivity contribution in [3.8, 4) is 28.5 Å². The minimum absolute atomic E-state index is 0.665. The van der Waals surface area contributed by atoms with E-state index in [1.807, 2.05) is 6.07 Å². The smallest absolute Gasteiger partial charge is 0.297 e. The van der Waals surface area contributed by atoms with Crippen LogP contribution in [-0.2, 0) is 7.05 Å². The maximum absolute atomic E-state index is 6.43. The fourth-order valence-corrected chi connectivity index (χ4v) is 5.88. The highest BCUT2D eigenvalue weighted by Crippen LogP contribution is 2.38. The molecule has 0 bridgehead atoms. The molecule has 0 saturated carbocycles. The molecule has 0 aliphatic rings. The van der Waals surface area contributed by atoms with Crippen LogP contribution in [0.2, 0.25) is 0 Å². The van der Waals surface area contributed by atoms with Crippen LogP contribution in [0.15, 0.2) is 101 Å². The van der Waals surface area contributed by atoms with Crippen LogP contribution in [0.1, 0.15) is 16.7 Å². The first kappa shape index (κ1) is 22.5. The molecule has 0 aliphatic carbocycles. The van der Waals surface area contributed by atoms with Crippen molar-refractivity contribution in [2.45, 2.75) is 20.8 Å². The van der Waals surface area contributed by atoms with Gasteiger partial charge in [0.2, 0.25) is 5.89 Å². The third kappa shape index (κ3) is 3.23. The Kier molecular flexibility index (Phi) is 4.98. The van der Waals surface area contributed by atoms with Gasteiger partial charge in [-0.15, -0.1) is 0 Å². The molecular weight excluding hydrogens is 466 g/mol.